The first-order valence-corrected chi connectivity index (χ1v) is 8.12. The molecule has 0 bridgehead atoms. The van der Waals surface area contributed by atoms with E-state index in [-0.39, 0.29) is 0 Å². The van der Waals surface area contributed by atoms with E-state index in [1.165, 1.54) is 24.8 Å². The maximum atomic E-state index is 10.5. The fourth-order valence-electron chi connectivity index (χ4n) is 2.67. The maximum Gasteiger partial charge on any atom is 0.145 e. The molecule has 0 amide bonds. The minimum atomic E-state index is 0.751. The Morgan fingerprint density at radius 3 is 2.62 bits per heavy atom. The van der Waals surface area contributed by atoms with Gasteiger partial charge in [-0.15, -0.1) is 0 Å². The Morgan fingerprint density at radius 1 is 1.24 bits per heavy atom. The van der Waals surface area contributed by atoms with Crippen LogP contribution >= 0.6 is 0 Å². The lowest BCUT2D eigenvalue weighted by Gasteiger charge is -2.21. The minimum absolute atomic E-state index is 0.751. The molecule has 1 rings (SSSR count). The normalized spacial score (nSPS) is 21.2. The molecular weight excluding hydrogens is 256 g/mol. The van der Waals surface area contributed by atoms with E-state index in [1.807, 2.05) is 13.0 Å². The van der Waals surface area contributed by atoms with E-state index in [4.69, 9.17) is 0 Å². The van der Waals surface area contributed by atoms with Crippen LogP contribution in [0.3, 0.4) is 0 Å². The fourth-order valence-corrected chi connectivity index (χ4v) is 2.67. The largest absolute Gasteiger partial charge is 0.298 e. The Hall–Kier alpha value is -1.37. The summed E-state index contributed by atoms with van der Waals surface area (Å²) in [5, 5.41) is 0. The molecule has 21 heavy (non-hydrogen) atoms. The van der Waals surface area contributed by atoms with Crippen LogP contribution in [0.1, 0.15) is 66.2 Å². The number of allylic oxidation sites excluding steroid dienone is 8. The van der Waals surface area contributed by atoms with Crippen molar-refractivity contribution in [2.75, 3.05) is 0 Å². The van der Waals surface area contributed by atoms with Crippen molar-refractivity contribution in [3.63, 3.8) is 0 Å². The molecule has 0 fully saturated rings. The van der Waals surface area contributed by atoms with Gasteiger partial charge in [-0.2, -0.15) is 0 Å². The summed E-state index contributed by atoms with van der Waals surface area (Å²) in [6.07, 6.45) is 16.9. The van der Waals surface area contributed by atoms with Gasteiger partial charge >= 0.3 is 0 Å². The quantitative estimate of drug-likeness (QED) is 0.321. The van der Waals surface area contributed by atoms with Gasteiger partial charge < -0.3 is 0 Å². The van der Waals surface area contributed by atoms with Crippen LogP contribution in [0.2, 0.25) is 0 Å². The number of rotatable bonds is 7. The predicted molar refractivity (Wildman–Crippen MR) is 92.3 cm³/mol. The van der Waals surface area contributed by atoms with Gasteiger partial charge in [-0.05, 0) is 77.7 Å². The second-order valence-electron chi connectivity index (χ2n) is 6.36. The molecule has 1 aliphatic rings. The van der Waals surface area contributed by atoms with Gasteiger partial charge in [-0.3, -0.25) is 4.79 Å². The van der Waals surface area contributed by atoms with E-state index in [9.17, 15) is 4.79 Å². The number of hydrogen-bond donors (Lipinski definition) is 0. The van der Waals surface area contributed by atoms with E-state index in [1.54, 1.807) is 11.1 Å². The first-order valence-electron chi connectivity index (χ1n) is 8.12. The number of carbonyl (C=O) groups is 1. The number of hydrogen-bond acceptors (Lipinski definition) is 1. The zero-order valence-corrected chi connectivity index (χ0v) is 14.1. The summed E-state index contributed by atoms with van der Waals surface area (Å²) in [6, 6.07) is 0. The molecule has 0 aromatic heterocycles. The molecule has 0 heterocycles. The van der Waals surface area contributed by atoms with Gasteiger partial charge in [0.15, 0.2) is 0 Å². The van der Waals surface area contributed by atoms with Gasteiger partial charge in [0.2, 0.25) is 0 Å². The highest BCUT2D eigenvalue weighted by atomic mass is 16.1. The van der Waals surface area contributed by atoms with Gasteiger partial charge in [0.05, 0.1) is 0 Å². The Balaban J connectivity index is 2.37. The average molecular weight is 286 g/mol. The molecule has 0 saturated heterocycles. The van der Waals surface area contributed by atoms with Crippen molar-refractivity contribution in [2.45, 2.75) is 66.2 Å². The molecule has 0 N–H and O–H groups in total. The van der Waals surface area contributed by atoms with Crippen molar-refractivity contribution in [3.05, 3.63) is 46.6 Å². The molecule has 0 aliphatic heterocycles. The van der Waals surface area contributed by atoms with Gasteiger partial charge in [-0.1, -0.05) is 41.0 Å². The second kappa shape index (κ2) is 9.55. The van der Waals surface area contributed by atoms with Crippen LogP contribution < -0.4 is 0 Å². The molecule has 0 aromatic carbocycles. The monoisotopic (exact) mass is 286 g/mol. The van der Waals surface area contributed by atoms with Crippen LogP contribution in [0, 0.1) is 5.92 Å². The van der Waals surface area contributed by atoms with Crippen molar-refractivity contribution in [1.29, 1.82) is 0 Å². The summed E-state index contributed by atoms with van der Waals surface area (Å²) in [4.78, 5) is 10.5. The summed E-state index contributed by atoms with van der Waals surface area (Å²) < 4.78 is 0. The lowest BCUT2D eigenvalue weighted by atomic mass is 9.85. The molecular formula is C20H30O. The third kappa shape index (κ3) is 7.27. The summed E-state index contributed by atoms with van der Waals surface area (Å²) in [5.41, 5.74) is 5.33. The average Bonchev–Trinajstić information content (AvgIpc) is 2.47. The van der Waals surface area contributed by atoms with E-state index in [2.05, 4.69) is 39.0 Å². The summed E-state index contributed by atoms with van der Waals surface area (Å²) in [7, 11) is 0. The van der Waals surface area contributed by atoms with Gasteiger partial charge in [0.1, 0.15) is 6.29 Å². The fraction of sp³-hybridized carbons (Fsp3) is 0.550. The van der Waals surface area contributed by atoms with Gasteiger partial charge in [0, 0.05) is 0 Å². The molecule has 1 aliphatic carbocycles. The highest BCUT2D eigenvalue weighted by Crippen LogP contribution is 2.28. The van der Waals surface area contributed by atoms with Crippen LogP contribution in [0.15, 0.2) is 46.6 Å². The topological polar surface area (TPSA) is 17.1 Å². The summed E-state index contributed by atoms with van der Waals surface area (Å²) >= 11 is 0. The third-order valence-corrected chi connectivity index (χ3v) is 4.38. The van der Waals surface area contributed by atoms with Crippen LogP contribution in [0.4, 0.5) is 0 Å². The maximum absolute atomic E-state index is 10.5. The Bertz CT molecular complexity index is 460. The third-order valence-electron chi connectivity index (χ3n) is 4.38. The van der Waals surface area contributed by atoms with Crippen molar-refractivity contribution >= 4 is 6.29 Å². The molecule has 0 radical (unpaired) electrons. The molecule has 1 heteroatoms. The first-order chi connectivity index (χ1) is 10.0. The SMILES string of the molecule is CC1=CC[C@H](/C(C)=C/C/C=C(\C)CC/C=C(\C)C=O)CC1. The summed E-state index contributed by atoms with van der Waals surface area (Å²) in [6.45, 7) is 8.55. The predicted octanol–water partition coefficient (Wildman–Crippen LogP) is 5.94. The van der Waals surface area contributed by atoms with Crippen molar-refractivity contribution < 1.29 is 4.79 Å². The highest BCUT2D eigenvalue weighted by Gasteiger charge is 2.13. The highest BCUT2D eigenvalue weighted by molar-refractivity contribution is 5.71. The Kier molecular flexibility index (Phi) is 8.04. The van der Waals surface area contributed by atoms with Crippen molar-refractivity contribution in [1.82, 2.24) is 0 Å². The molecule has 116 valence electrons. The van der Waals surface area contributed by atoms with Crippen LogP contribution in [0.25, 0.3) is 0 Å². The molecule has 1 atom stereocenters. The number of carbonyl (C=O) groups excluding carboxylic acids is 1. The summed E-state index contributed by atoms with van der Waals surface area (Å²) in [5.74, 6) is 0.751. The van der Waals surface area contributed by atoms with Gasteiger partial charge in [0.25, 0.3) is 0 Å². The molecule has 0 saturated carbocycles. The minimum Gasteiger partial charge on any atom is -0.298 e. The Labute approximate surface area is 130 Å². The van der Waals surface area contributed by atoms with Crippen LogP contribution in [-0.2, 0) is 4.79 Å². The lowest BCUT2D eigenvalue weighted by Crippen LogP contribution is -2.05. The van der Waals surface area contributed by atoms with E-state index >= 15 is 0 Å². The molecule has 1 nitrogen and oxygen atoms in total. The van der Waals surface area contributed by atoms with Gasteiger partial charge in [-0.25, -0.2) is 0 Å². The van der Waals surface area contributed by atoms with E-state index < -0.39 is 0 Å². The molecule has 0 unspecified atom stereocenters. The second-order valence-corrected chi connectivity index (χ2v) is 6.36. The zero-order valence-electron chi connectivity index (χ0n) is 14.1. The lowest BCUT2D eigenvalue weighted by molar-refractivity contribution is -0.104. The smallest absolute Gasteiger partial charge is 0.145 e. The van der Waals surface area contributed by atoms with E-state index in [0.29, 0.717) is 0 Å². The zero-order chi connectivity index (χ0) is 15.7. The van der Waals surface area contributed by atoms with Crippen molar-refractivity contribution in [3.8, 4) is 0 Å². The molecule has 0 aromatic rings. The van der Waals surface area contributed by atoms with Crippen LogP contribution in [-0.4, -0.2) is 6.29 Å². The van der Waals surface area contributed by atoms with E-state index in [0.717, 1.165) is 37.0 Å². The standard InChI is InChI=1S/C20H30O/c1-16(7-5-9-18(3)15-21)8-6-10-19(4)20-13-11-17(2)12-14-20/h8-11,15,20H,5-7,12-14H2,1-4H3/b16-8+,18-9+,19-10+/t20-/m0/s1. The first kappa shape index (κ1) is 17.7. The number of aldehydes is 1. The Morgan fingerprint density at radius 2 is 2.00 bits per heavy atom. The molecule has 0 spiro atoms. The van der Waals surface area contributed by atoms with Crippen molar-refractivity contribution in [2.24, 2.45) is 5.92 Å². The van der Waals surface area contributed by atoms with Crippen LogP contribution in [0.5, 0.6) is 0 Å².